The van der Waals surface area contributed by atoms with Crippen molar-refractivity contribution in [1.29, 1.82) is 0 Å². The van der Waals surface area contributed by atoms with Crippen LogP contribution in [0.5, 0.6) is 0 Å². The summed E-state index contributed by atoms with van der Waals surface area (Å²) >= 11 is 0. The van der Waals surface area contributed by atoms with Gasteiger partial charge in [0.15, 0.2) is 0 Å². The number of hydrogen-bond acceptors (Lipinski definition) is 6. The average Bonchev–Trinajstić information content (AvgIpc) is 3.21. The van der Waals surface area contributed by atoms with E-state index < -0.39 is 28.2 Å². The van der Waals surface area contributed by atoms with E-state index in [9.17, 15) is 24.3 Å². The highest BCUT2D eigenvalue weighted by Gasteiger charge is 2.85. The number of allylic oxidation sites excluding steroid dienone is 1. The van der Waals surface area contributed by atoms with Crippen molar-refractivity contribution in [3.8, 4) is 0 Å². The summed E-state index contributed by atoms with van der Waals surface area (Å²) in [6.07, 6.45) is 4.05. The van der Waals surface area contributed by atoms with Gasteiger partial charge in [0.1, 0.15) is 17.8 Å². The topological polar surface area (TPSA) is 107 Å². The summed E-state index contributed by atoms with van der Waals surface area (Å²) in [6.45, 7) is 8.62. The van der Waals surface area contributed by atoms with Crippen molar-refractivity contribution in [3.63, 3.8) is 0 Å². The van der Waals surface area contributed by atoms with Crippen LogP contribution in [0, 0.1) is 45.8 Å². The number of hydrogen-bond donors (Lipinski definition) is 1. The van der Waals surface area contributed by atoms with E-state index in [0.717, 1.165) is 11.9 Å². The first-order valence-corrected chi connectivity index (χ1v) is 11.2. The third-order valence-electron chi connectivity index (χ3n) is 9.06. The molecule has 7 nitrogen and oxygen atoms in total. The Morgan fingerprint density at radius 2 is 1.90 bits per heavy atom. The summed E-state index contributed by atoms with van der Waals surface area (Å²) in [7, 11) is 0. The van der Waals surface area contributed by atoms with Crippen molar-refractivity contribution in [2.45, 2.75) is 60.0 Å². The van der Waals surface area contributed by atoms with E-state index in [1.165, 1.54) is 13.8 Å². The fourth-order valence-electron chi connectivity index (χ4n) is 8.19. The second kappa shape index (κ2) is 6.91. The molecule has 0 amide bonds. The Morgan fingerprint density at radius 3 is 2.42 bits per heavy atom. The molecule has 0 aromatic rings. The van der Waals surface area contributed by atoms with Gasteiger partial charge in [-0.15, -0.1) is 0 Å². The molecule has 0 radical (unpaired) electrons. The molecule has 3 saturated carbocycles. The van der Waals surface area contributed by atoms with E-state index in [0.29, 0.717) is 19.3 Å². The van der Waals surface area contributed by atoms with Crippen LogP contribution in [-0.2, 0) is 28.7 Å². The number of carboxylic acids is 1. The van der Waals surface area contributed by atoms with Crippen molar-refractivity contribution in [2.75, 3.05) is 6.61 Å². The van der Waals surface area contributed by atoms with E-state index in [4.69, 9.17) is 9.47 Å². The van der Waals surface area contributed by atoms with Gasteiger partial charge in [-0.2, -0.15) is 0 Å². The van der Waals surface area contributed by atoms with Gasteiger partial charge in [-0.3, -0.25) is 14.4 Å². The number of esters is 2. The summed E-state index contributed by atoms with van der Waals surface area (Å²) in [6, 6.07) is 0. The van der Waals surface area contributed by atoms with Crippen LogP contribution in [0.4, 0.5) is 0 Å². The van der Waals surface area contributed by atoms with Gasteiger partial charge in [-0.1, -0.05) is 32.4 Å². The van der Waals surface area contributed by atoms with E-state index in [1.807, 2.05) is 20.8 Å². The maximum atomic E-state index is 13.2. The van der Waals surface area contributed by atoms with Gasteiger partial charge in [0.05, 0.1) is 12.0 Å². The van der Waals surface area contributed by atoms with E-state index in [1.54, 1.807) is 0 Å². The smallest absolute Gasteiger partial charge is 0.315 e. The van der Waals surface area contributed by atoms with Gasteiger partial charge >= 0.3 is 17.9 Å². The lowest BCUT2D eigenvalue weighted by Crippen LogP contribution is -2.63. The van der Waals surface area contributed by atoms with Crippen LogP contribution in [0.15, 0.2) is 11.6 Å². The summed E-state index contributed by atoms with van der Waals surface area (Å²) < 4.78 is 11.1. The van der Waals surface area contributed by atoms with Crippen LogP contribution in [0.3, 0.4) is 0 Å². The summed E-state index contributed by atoms with van der Waals surface area (Å²) in [5.41, 5.74) is -2.62. The van der Waals surface area contributed by atoms with Crippen LogP contribution in [-0.4, -0.2) is 42.0 Å². The molecule has 0 unspecified atom stereocenters. The lowest BCUT2D eigenvalue weighted by molar-refractivity contribution is -0.188. The molecule has 7 heteroatoms. The lowest BCUT2D eigenvalue weighted by atomic mass is 9.43. The molecule has 4 bridgehead atoms. The SMILES string of the molecule is CC(=O)OC[C@@]12C[C@@H]3[C@H](C)[C@@H](OC(C)=O)C[C@H]3[C@]3(C=O)C[C@H]1C=C(C(C)C)[C@@]23C(=O)O. The van der Waals surface area contributed by atoms with Crippen molar-refractivity contribution in [1.82, 2.24) is 0 Å². The third kappa shape index (κ3) is 2.46. The molecule has 1 N–H and O–H groups in total. The highest BCUT2D eigenvalue weighted by molar-refractivity contribution is 5.90. The molecule has 4 rings (SSSR count). The van der Waals surface area contributed by atoms with Crippen LogP contribution in [0.25, 0.3) is 0 Å². The van der Waals surface area contributed by atoms with Crippen molar-refractivity contribution in [3.05, 3.63) is 11.6 Å². The quantitative estimate of drug-likeness (QED) is 0.390. The fourth-order valence-corrected chi connectivity index (χ4v) is 8.19. The Kier molecular flexibility index (Phi) is 4.91. The monoisotopic (exact) mass is 432 g/mol. The Morgan fingerprint density at radius 1 is 1.23 bits per heavy atom. The van der Waals surface area contributed by atoms with Gasteiger partial charge in [0.25, 0.3) is 0 Å². The predicted octanol–water partition coefficient (Wildman–Crippen LogP) is 3.02. The molecule has 0 aliphatic heterocycles. The highest BCUT2D eigenvalue weighted by atomic mass is 16.5. The highest BCUT2D eigenvalue weighted by Crippen LogP contribution is 2.82. The lowest BCUT2D eigenvalue weighted by Gasteiger charge is -2.57. The second-order valence-corrected chi connectivity index (χ2v) is 10.5. The maximum absolute atomic E-state index is 13.2. The molecule has 0 aromatic heterocycles. The first kappa shape index (κ1) is 22.0. The molecule has 31 heavy (non-hydrogen) atoms. The maximum Gasteiger partial charge on any atom is 0.315 e. The van der Waals surface area contributed by atoms with E-state index in [-0.39, 0.29) is 48.3 Å². The number of aliphatic carboxylic acids is 1. The number of carboxylic acid groups (broad SMARTS) is 1. The van der Waals surface area contributed by atoms with Gasteiger partial charge in [0.2, 0.25) is 0 Å². The molecule has 0 aromatic carbocycles. The summed E-state index contributed by atoms with van der Waals surface area (Å²) in [5, 5.41) is 10.8. The predicted molar refractivity (Wildman–Crippen MR) is 110 cm³/mol. The molecular weight excluding hydrogens is 400 g/mol. The molecule has 0 heterocycles. The van der Waals surface area contributed by atoms with Gasteiger partial charge in [-0.25, -0.2) is 0 Å². The standard InChI is InChI=1S/C24H32O7/c1-12(2)18-6-16-8-22(10-25)19-7-20(31-15(5)27)13(3)17(19)9-23(16,11-30-14(4)26)24(18,22)21(28)29/h6,10,12-13,16-17,19-20H,7-9,11H2,1-5H3,(H,28,29)/t13-,16+,17+,19+,20-,22+,23-,24-/m0/s1. The molecule has 0 spiro atoms. The Labute approximate surface area is 182 Å². The zero-order chi connectivity index (χ0) is 22.9. The molecule has 4 aliphatic carbocycles. The van der Waals surface area contributed by atoms with Crippen molar-refractivity contribution < 1.29 is 33.8 Å². The average molecular weight is 433 g/mol. The number of carbonyl (C=O) groups is 4. The number of ether oxygens (including phenoxy) is 2. The Hall–Kier alpha value is -2.18. The molecule has 3 fully saturated rings. The number of aldehydes is 1. The Bertz CT molecular complexity index is 875. The Balaban J connectivity index is 1.92. The molecule has 8 atom stereocenters. The molecule has 170 valence electrons. The number of fused-ring (bicyclic) bond motifs is 2. The molecule has 4 aliphatic rings. The van der Waals surface area contributed by atoms with Gasteiger partial charge in [0, 0.05) is 19.3 Å². The minimum absolute atomic E-state index is 0.00364. The largest absolute Gasteiger partial charge is 0.481 e. The summed E-state index contributed by atoms with van der Waals surface area (Å²) in [4.78, 5) is 49.7. The van der Waals surface area contributed by atoms with Crippen LogP contribution < -0.4 is 0 Å². The zero-order valence-electron chi connectivity index (χ0n) is 18.8. The normalized spacial score (nSPS) is 44.6. The van der Waals surface area contributed by atoms with Crippen molar-refractivity contribution >= 4 is 24.2 Å². The van der Waals surface area contributed by atoms with Crippen LogP contribution in [0.1, 0.15) is 53.9 Å². The molecule has 0 saturated heterocycles. The van der Waals surface area contributed by atoms with Crippen LogP contribution >= 0.6 is 0 Å². The minimum Gasteiger partial charge on any atom is -0.481 e. The third-order valence-corrected chi connectivity index (χ3v) is 9.06. The first-order chi connectivity index (χ1) is 14.5. The first-order valence-electron chi connectivity index (χ1n) is 11.2. The summed E-state index contributed by atoms with van der Waals surface area (Å²) in [5.74, 6) is -2.21. The van der Waals surface area contributed by atoms with E-state index >= 15 is 0 Å². The van der Waals surface area contributed by atoms with E-state index in [2.05, 4.69) is 6.08 Å². The van der Waals surface area contributed by atoms with Crippen LogP contribution in [0.2, 0.25) is 0 Å². The zero-order valence-corrected chi connectivity index (χ0v) is 18.8. The minimum atomic E-state index is -1.41. The number of rotatable bonds is 6. The number of carbonyl (C=O) groups excluding carboxylic acids is 3. The van der Waals surface area contributed by atoms with Crippen molar-refractivity contribution in [2.24, 2.45) is 45.8 Å². The molecular formula is C24H32O7. The fraction of sp³-hybridized carbons (Fsp3) is 0.750. The van der Waals surface area contributed by atoms with Gasteiger partial charge in [-0.05, 0) is 48.9 Å². The second-order valence-electron chi connectivity index (χ2n) is 10.5. The van der Waals surface area contributed by atoms with Gasteiger partial charge < -0.3 is 19.4 Å².